The van der Waals surface area contributed by atoms with Crippen molar-refractivity contribution in [1.82, 2.24) is 4.90 Å². The summed E-state index contributed by atoms with van der Waals surface area (Å²) < 4.78 is 10.6. The molecule has 2 atom stereocenters. The highest BCUT2D eigenvalue weighted by Gasteiger charge is 2.46. The second-order valence-corrected chi connectivity index (χ2v) is 7.05. The normalized spacial score (nSPS) is 29.9. The number of nitrogens with two attached hydrogens (primary N) is 1. The fraction of sp³-hybridized carbons (Fsp3) is 1.00. The van der Waals surface area contributed by atoms with Gasteiger partial charge >= 0.3 is 0 Å². The van der Waals surface area contributed by atoms with Crippen LogP contribution in [0.5, 0.6) is 0 Å². The van der Waals surface area contributed by atoms with Crippen LogP contribution in [-0.2, 0) is 9.47 Å². The Morgan fingerprint density at radius 3 is 2.05 bits per heavy atom. The molecular weight excluding hydrogens is 252 g/mol. The maximum atomic E-state index is 6.24. The Balaban J connectivity index is 2.86. The van der Waals surface area contributed by atoms with Crippen molar-refractivity contribution < 1.29 is 9.47 Å². The molecule has 0 bridgehead atoms. The molecule has 1 saturated carbocycles. The maximum absolute atomic E-state index is 6.24. The van der Waals surface area contributed by atoms with E-state index in [1.807, 2.05) is 0 Å². The molecule has 4 heteroatoms. The van der Waals surface area contributed by atoms with Crippen LogP contribution in [-0.4, -0.2) is 57.5 Å². The van der Waals surface area contributed by atoms with E-state index < -0.39 is 0 Å². The number of rotatable bonds is 8. The molecule has 1 fully saturated rings. The van der Waals surface area contributed by atoms with Crippen molar-refractivity contribution in [3.63, 3.8) is 0 Å². The van der Waals surface area contributed by atoms with Crippen molar-refractivity contribution >= 4 is 0 Å². The van der Waals surface area contributed by atoms with E-state index in [-0.39, 0.29) is 5.54 Å². The first-order valence-electron chi connectivity index (χ1n) is 7.85. The summed E-state index contributed by atoms with van der Waals surface area (Å²) >= 11 is 0. The van der Waals surface area contributed by atoms with Gasteiger partial charge < -0.3 is 15.2 Å². The molecule has 4 nitrogen and oxygen atoms in total. The average molecular weight is 286 g/mol. The lowest BCUT2D eigenvalue weighted by atomic mass is 9.63. The molecule has 2 unspecified atom stereocenters. The topological polar surface area (TPSA) is 47.7 Å². The largest absolute Gasteiger partial charge is 0.383 e. The van der Waals surface area contributed by atoms with Gasteiger partial charge in [0.1, 0.15) is 0 Å². The first-order chi connectivity index (χ1) is 9.41. The summed E-state index contributed by atoms with van der Waals surface area (Å²) in [6.07, 6.45) is 3.65. The molecule has 0 aromatic carbocycles. The van der Waals surface area contributed by atoms with Crippen LogP contribution in [0.2, 0.25) is 0 Å². The van der Waals surface area contributed by atoms with Crippen LogP contribution in [0.3, 0.4) is 0 Å². The maximum Gasteiger partial charge on any atom is 0.0589 e. The zero-order chi connectivity index (χ0) is 15.2. The van der Waals surface area contributed by atoms with Crippen LogP contribution in [0.4, 0.5) is 0 Å². The van der Waals surface area contributed by atoms with E-state index in [4.69, 9.17) is 15.2 Å². The van der Waals surface area contributed by atoms with Crippen LogP contribution >= 0.6 is 0 Å². The Morgan fingerprint density at radius 1 is 1.10 bits per heavy atom. The fourth-order valence-corrected chi connectivity index (χ4v) is 3.78. The molecule has 0 amide bonds. The van der Waals surface area contributed by atoms with E-state index in [1.54, 1.807) is 14.2 Å². The first kappa shape index (κ1) is 17.9. The fourth-order valence-electron chi connectivity index (χ4n) is 3.78. The zero-order valence-corrected chi connectivity index (χ0v) is 14.1. The SMILES string of the molecule is COCCN(CCOC)C1(CN)CCC(C)(C)CC1C. The number of nitrogens with zero attached hydrogens (tertiary/aromatic N) is 1. The smallest absolute Gasteiger partial charge is 0.0589 e. The predicted molar refractivity (Wildman–Crippen MR) is 83.9 cm³/mol. The average Bonchev–Trinajstić information content (AvgIpc) is 2.40. The van der Waals surface area contributed by atoms with E-state index in [0.29, 0.717) is 11.3 Å². The standard InChI is InChI=1S/C16H34N2O2/c1-14-12-15(2,3)6-7-16(14,13-17)18(8-10-19-4)9-11-20-5/h14H,6-13,17H2,1-5H3. The summed E-state index contributed by atoms with van der Waals surface area (Å²) in [5.41, 5.74) is 6.78. The Labute approximate surface area is 125 Å². The molecule has 0 aliphatic heterocycles. The third kappa shape index (κ3) is 4.17. The van der Waals surface area contributed by atoms with Gasteiger partial charge in [0.05, 0.1) is 13.2 Å². The number of ether oxygens (including phenoxy) is 2. The van der Waals surface area contributed by atoms with Gasteiger partial charge in [-0.15, -0.1) is 0 Å². The highest BCUT2D eigenvalue weighted by atomic mass is 16.5. The lowest BCUT2D eigenvalue weighted by Crippen LogP contribution is -2.62. The van der Waals surface area contributed by atoms with Gasteiger partial charge in [-0.25, -0.2) is 0 Å². The van der Waals surface area contributed by atoms with Gasteiger partial charge in [0, 0.05) is 39.4 Å². The minimum absolute atomic E-state index is 0.104. The van der Waals surface area contributed by atoms with Gasteiger partial charge in [0.15, 0.2) is 0 Å². The molecular formula is C16H34N2O2. The van der Waals surface area contributed by atoms with Crippen LogP contribution in [0.1, 0.15) is 40.0 Å². The summed E-state index contributed by atoms with van der Waals surface area (Å²) in [7, 11) is 3.52. The zero-order valence-electron chi connectivity index (χ0n) is 14.1. The molecule has 2 N–H and O–H groups in total. The van der Waals surface area contributed by atoms with E-state index in [0.717, 1.165) is 32.8 Å². The van der Waals surface area contributed by atoms with E-state index in [9.17, 15) is 0 Å². The second-order valence-electron chi connectivity index (χ2n) is 7.05. The molecule has 0 heterocycles. The Bertz CT molecular complexity index is 276. The minimum Gasteiger partial charge on any atom is -0.383 e. The van der Waals surface area contributed by atoms with Gasteiger partial charge in [-0.05, 0) is 30.6 Å². The lowest BCUT2D eigenvalue weighted by Gasteiger charge is -2.54. The molecule has 120 valence electrons. The molecule has 0 aromatic heterocycles. The monoisotopic (exact) mass is 286 g/mol. The number of hydrogen-bond acceptors (Lipinski definition) is 4. The summed E-state index contributed by atoms with van der Waals surface area (Å²) in [4.78, 5) is 2.51. The highest BCUT2D eigenvalue weighted by molar-refractivity contribution is 5.02. The quantitative estimate of drug-likeness (QED) is 0.742. The molecule has 0 saturated heterocycles. The lowest BCUT2D eigenvalue weighted by molar-refractivity contribution is -0.0413. The Kier molecular flexibility index (Phi) is 6.92. The van der Waals surface area contributed by atoms with E-state index in [2.05, 4.69) is 25.7 Å². The van der Waals surface area contributed by atoms with Crippen LogP contribution in [0, 0.1) is 11.3 Å². The summed E-state index contributed by atoms with van der Waals surface area (Å²) in [5, 5.41) is 0. The minimum atomic E-state index is 0.104. The molecule has 20 heavy (non-hydrogen) atoms. The van der Waals surface area contributed by atoms with Crippen LogP contribution in [0.15, 0.2) is 0 Å². The Hall–Kier alpha value is -0.160. The summed E-state index contributed by atoms with van der Waals surface area (Å²) in [6.45, 7) is 11.2. The van der Waals surface area contributed by atoms with Gasteiger partial charge in [-0.2, -0.15) is 0 Å². The van der Waals surface area contributed by atoms with Crippen LogP contribution in [0.25, 0.3) is 0 Å². The number of methoxy groups -OCH3 is 2. The van der Waals surface area contributed by atoms with Crippen molar-refractivity contribution in [2.24, 2.45) is 17.1 Å². The first-order valence-corrected chi connectivity index (χ1v) is 7.85. The van der Waals surface area contributed by atoms with Crippen LogP contribution < -0.4 is 5.73 Å². The van der Waals surface area contributed by atoms with Gasteiger partial charge in [0.2, 0.25) is 0 Å². The molecule has 1 aliphatic carbocycles. The molecule has 1 rings (SSSR count). The van der Waals surface area contributed by atoms with Crippen molar-refractivity contribution in [1.29, 1.82) is 0 Å². The molecule has 0 spiro atoms. The van der Waals surface area contributed by atoms with Crippen molar-refractivity contribution in [2.75, 3.05) is 47.1 Å². The summed E-state index contributed by atoms with van der Waals surface area (Å²) in [5.74, 6) is 0.602. The van der Waals surface area contributed by atoms with Gasteiger partial charge in [0.25, 0.3) is 0 Å². The molecule has 0 aromatic rings. The predicted octanol–water partition coefficient (Wildman–Crippen LogP) is 2.12. The highest BCUT2D eigenvalue weighted by Crippen LogP contribution is 2.46. The second kappa shape index (κ2) is 7.74. The Morgan fingerprint density at radius 2 is 1.65 bits per heavy atom. The third-order valence-electron chi connectivity index (χ3n) is 5.12. The summed E-state index contributed by atoms with van der Waals surface area (Å²) in [6, 6.07) is 0. The van der Waals surface area contributed by atoms with E-state index >= 15 is 0 Å². The van der Waals surface area contributed by atoms with Crippen molar-refractivity contribution in [2.45, 2.75) is 45.6 Å². The van der Waals surface area contributed by atoms with Gasteiger partial charge in [-0.3, -0.25) is 4.90 Å². The van der Waals surface area contributed by atoms with Crippen molar-refractivity contribution in [3.05, 3.63) is 0 Å². The van der Waals surface area contributed by atoms with Crippen molar-refractivity contribution in [3.8, 4) is 0 Å². The number of hydrogen-bond donors (Lipinski definition) is 1. The third-order valence-corrected chi connectivity index (χ3v) is 5.12. The van der Waals surface area contributed by atoms with Gasteiger partial charge in [-0.1, -0.05) is 20.8 Å². The molecule has 0 radical (unpaired) electrons. The molecule has 1 aliphatic rings. The van der Waals surface area contributed by atoms with E-state index in [1.165, 1.54) is 19.3 Å².